The number of rotatable bonds is 3. The van der Waals surface area contributed by atoms with Gasteiger partial charge in [-0.3, -0.25) is 0 Å². The van der Waals surface area contributed by atoms with Gasteiger partial charge < -0.3 is 4.74 Å². The van der Waals surface area contributed by atoms with Gasteiger partial charge in [-0.05, 0) is 53.0 Å². The first-order chi connectivity index (χ1) is 11.3. The summed E-state index contributed by atoms with van der Waals surface area (Å²) < 4.78 is 5.27. The van der Waals surface area contributed by atoms with E-state index in [9.17, 15) is 0 Å². The Labute approximate surface area is 136 Å². The molecule has 0 fully saturated rings. The van der Waals surface area contributed by atoms with Gasteiger partial charge in [0, 0.05) is 11.8 Å². The molecule has 112 valence electrons. The number of hydrogen-bond donors (Lipinski definition) is 0. The molecule has 0 saturated carbocycles. The Bertz CT molecular complexity index is 835. The summed E-state index contributed by atoms with van der Waals surface area (Å²) in [6.07, 6.45) is 5.82. The second-order valence-corrected chi connectivity index (χ2v) is 6.08. The van der Waals surface area contributed by atoms with Gasteiger partial charge in [0.15, 0.2) is 0 Å². The maximum absolute atomic E-state index is 8.99. The molecule has 23 heavy (non-hydrogen) atoms. The zero-order valence-corrected chi connectivity index (χ0v) is 13.0. The minimum absolute atomic E-state index is 0.491. The highest BCUT2D eigenvalue weighted by molar-refractivity contribution is 5.97. The molecular formula is C21H17NO. The topological polar surface area (TPSA) is 33.0 Å². The van der Waals surface area contributed by atoms with Crippen LogP contribution >= 0.6 is 0 Å². The van der Waals surface area contributed by atoms with E-state index in [0.29, 0.717) is 17.4 Å². The molecule has 2 nitrogen and oxygen atoms in total. The van der Waals surface area contributed by atoms with Gasteiger partial charge in [0.1, 0.15) is 5.75 Å². The molecule has 2 aliphatic rings. The van der Waals surface area contributed by atoms with Gasteiger partial charge in [-0.25, -0.2) is 0 Å². The molecule has 0 radical (unpaired) electrons. The largest absolute Gasteiger partial charge is 0.497 e. The second-order valence-electron chi connectivity index (χ2n) is 6.08. The van der Waals surface area contributed by atoms with Crippen LogP contribution in [0.4, 0.5) is 0 Å². The predicted octanol–water partition coefficient (Wildman–Crippen LogP) is 4.68. The zero-order chi connectivity index (χ0) is 15.8. The van der Waals surface area contributed by atoms with E-state index < -0.39 is 0 Å². The third-order valence-electron chi connectivity index (χ3n) is 4.84. The first kappa shape index (κ1) is 13.8. The van der Waals surface area contributed by atoms with Crippen molar-refractivity contribution in [1.82, 2.24) is 0 Å². The van der Waals surface area contributed by atoms with Crippen LogP contribution in [0.25, 0.3) is 11.1 Å². The Morgan fingerprint density at radius 2 is 1.39 bits per heavy atom. The lowest BCUT2D eigenvalue weighted by atomic mass is 9.87. The minimum Gasteiger partial charge on any atom is -0.497 e. The second kappa shape index (κ2) is 5.44. The molecule has 2 heteroatoms. The molecule has 0 N–H and O–H groups in total. The molecule has 0 aromatic heterocycles. The summed E-state index contributed by atoms with van der Waals surface area (Å²) in [4.78, 5) is 0. The lowest BCUT2D eigenvalue weighted by molar-refractivity contribution is 0.415. The highest BCUT2D eigenvalue weighted by Gasteiger charge is 2.36. The maximum Gasteiger partial charge on any atom is 0.118 e. The molecule has 2 atom stereocenters. The number of fused-ring (bicyclic) bond motifs is 2. The molecule has 2 aromatic rings. The van der Waals surface area contributed by atoms with Gasteiger partial charge in [-0.15, -0.1) is 0 Å². The molecule has 0 saturated heterocycles. The highest BCUT2D eigenvalue weighted by atomic mass is 16.5. The van der Waals surface area contributed by atoms with E-state index in [4.69, 9.17) is 10.00 Å². The zero-order valence-electron chi connectivity index (χ0n) is 13.0. The average molecular weight is 299 g/mol. The molecule has 0 spiro atoms. The maximum atomic E-state index is 8.99. The van der Waals surface area contributed by atoms with E-state index >= 15 is 0 Å². The number of nitriles is 1. The van der Waals surface area contributed by atoms with Crippen LogP contribution in [0.15, 0.2) is 60.7 Å². The summed E-state index contributed by atoms with van der Waals surface area (Å²) in [5.41, 5.74) is 6.03. The van der Waals surface area contributed by atoms with E-state index in [1.54, 1.807) is 7.11 Å². The summed E-state index contributed by atoms with van der Waals surface area (Å²) in [6, 6.07) is 18.5. The van der Waals surface area contributed by atoms with Crippen LogP contribution in [0, 0.1) is 23.2 Å². The molecule has 0 aliphatic heterocycles. The lowest BCUT2D eigenvalue weighted by Crippen LogP contribution is -1.99. The highest BCUT2D eigenvalue weighted by Crippen LogP contribution is 2.52. The molecule has 0 heterocycles. The van der Waals surface area contributed by atoms with Gasteiger partial charge in [0.25, 0.3) is 0 Å². The van der Waals surface area contributed by atoms with Crippen LogP contribution in [-0.4, -0.2) is 7.11 Å². The molecule has 2 bridgehead atoms. The van der Waals surface area contributed by atoms with E-state index in [0.717, 1.165) is 12.2 Å². The van der Waals surface area contributed by atoms with Gasteiger partial charge in [-0.1, -0.05) is 36.4 Å². The van der Waals surface area contributed by atoms with Crippen molar-refractivity contribution >= 4 is 11.1 Å². The normalized spacial score (nSPS) is 21.6. The van der Waals surface area contributed by atoms with Crippen LogP contribution in [0.2, 0.25) is 0 Å². The first-order valence-electron chi connectivity index (χ1n) is 7.87. The van der Waals surface area contributed by atoms with Crippen molar-refractivity contribution in [3.63, 3.8) is 0 Å². The van der Waals surface area contributed by atoms with E-state index in [2.05, 4.69) is 42.5 Å². The van der Waals surface area contributed by atoms with E-state index in [1.165, 1.54) is 22.3 Å². The predicted molar refractivity (Wildman–Crippen MR) is 91.7 cm³/mol. The Hall–Kier alpha value is -2.79. The van der Waals surface area contributed by atoms with Crippen molar-refractivity contribution in [2.24, 2.45) is 11.8 Å². The van der Waals surface area contributed by atoms with Crippen LogP contribution in [0.3, 0.4) is 0 Å². The van der Waals surface area contributed by atoms with E-state index in [-0.39, 0.29) is 0 Å². The van der Waals surface area contributed by atoms with Crippen molar-refractivity contribution in [1.29, 1.82) is 5.26 Å². The standard InChI is InChI=1S/C21H17NO/c1-23-19-10-8-16(9-11-19)21-18-7-6-17(12-18)20(21)15-4-2-14(13-22)3-5-15/h2-11,17-18H,12H2,1H3. The van der Waals surface area contributed by atoms with Crippen LogP contribution in [-0.2, 0) is 0 Å². The molecular weight excluding hydrogens is 282 g/mol. The van der Waals surface area contributed by atoms with Crippen LogP contribution < -0.4 is 4.74 Å². The van der Waals surface area contributed by atoms with Gasteiger partial charge in [0.2, 0.25) is 0 Å². The Morgan fingerprint density at radius 1 is 0.870 bits per heavy atom. The Kier molecular flexibility index (Phi) is 3.28. The SMILES string of the molecule is COc1ccc(C2=C(c3ccc(C#N)cc3)C3C=CC2C3)cc1. The minimum atomic E-state index is 0.491. The molecule has 0 amide bonds. The number of allylic oxidation sites excluding steroid dienone is 4. The van der Waals surface area contributed by atoms with Crippen LogP contribution in [0.5, 0.6) is 5.75 Å². The smallest absolute Gasteiger partial charge is 0.118 e. The van der Waals surface area contributed by atoms with Crippen molar-refractivity contribution in [2.45, 2.75) is 6.42 Å². The number of ether oxygens (including phenoxy) is 1. The number of hydrogen-bond acceptors (Lipinski definition) is 2. The van der Waals surface area contributed by atoms with Gasteiger partial charge in [-0.2, -0.15) is 5.26 Å². The summed E-state index contributed by atoms with van der Waals surface area (Å²) in [7, 11) is 1.69. The van der Waals surface area contributed by atoms with Crippen LogP contribution in [0.1, 0.15) is 23.1 Å². The third kappa shape index (κ3) is 2.26. The molecule has 2 unspecified atom stereocenters. The Balaban J connectivity index is 1.81. The lowest BCUT2D eigenvalue weighted by Gasteiger charge is -2.17. The van der Waals surface area contributed by atoms with E-state index in [1.807, 2.05) is 24.3 Å². The Morgan fingerprint density at radius 3 is 1.87 bits per heavy atom. The molecule has 2 aromatic carbocycles. The van der Waals surface area contributed by atoms with Crippen molar-refractivity contribution in [3.8, 4) is 11.8 Å². The quantitative estimate of drug-likeness (QED) is 0.771. The number of benzene rings is 2. The van der Waals surface area contributed by atoms with Gasteiger partial charge >= 0.3 is 0 Å². The molecule has 4 rings (SSSR count). The molecule has 2 aliphatic carbocycles. The van der Waals surface area contributed by atoms with Gasteiger partial charge in [0.05, 0.1) is 18.7 Å². The fraction of sp³-hybridized carbons (Fsp3) is 0.190. The van der Waals surface area contributed by atoms with Crippen molar-refractivity contribution in [3.05, 3.63) is 77.4 Å². The fourth-order valence-corrected chi connectivity index (χ4v) is 3.76. The fourth-order valence-electron chi connectivity index (χ4n) is 3.76. The van der Waals surface area contributed by atoms with Crippen molar-refractivity contribution < 1.29 is 4.74 Å². The van der Waals surface area contributed by atoms with Crippen molar-refractivity contribution in [2.75, 3.05) is 7.11 Å². The number of methoxy groups -OCH3 is 1. The first-order valence-corrected chi connectivity index (χ1v) is 7.87. The third-order valence-corrected chi connectivity index (χ3v) is 4.84. The number of nitrogens with zero attached hydrogens (tertiary/aromatic N) is 1. The summed E-state index contributed by atoms with van der Waals surface area (Å²) in [5, 5.41) is 8.99. The monoisotopic (exact) mass is 299 g/mol. The summed E-state index contributed by atoms with van der Waals surface area (Å²) in [5.74, 6) is 1.87. The summed E-state index contributed by atoms with van der Waals surface area (Å²) in [6.45, 7) is 0. The average Bonchev–Trinajstić information content (AvgIpc) is 3.23. The summed E-state index contributed by atoms with van der Waals surface area (Å²) >= 11 is 0.